The predicted octanol–water partition coefficient (Wildman–Crippen LogP) is 3.72. The number of benzene rings is 2. The number of hydrogen-bond acceptors (Lipinski definition) is 5. The number of carbonyl (C=O) groups excluding carboxylic acids is 1. The van der Waals surface area contributed by atoms with Crippen LogP contribution >= 0.6 is 0 Å². The Morgan fingerprint density at radius 1 is 0.926 bits per heavy atom. The molecule has 27 heavy (non-hydrogen) atoms. The smallest absolute Gasteiger partial charge is 0.193 e. The molecule has 1 aliphatic heterocycles. The highest BCUT2D eigenvalue weighted by atomic mass is 16.5. The van der Waals surface area contributed by atoms with Gasteiger partial charge in [-0.05, 0) is 82.2 Å². The molecule has 2 aromatic rings. The van der Waals surface area contributed by atoms with Crippen molar-refractivity contribution in [2.24, 2.45) is 0 Å². The number of nitrogens with zero attached hydrogens (tertiary/aromatic N) is 1. The summed E-state index contributed by atoms with van der Waals surface area (Å²) >= 11 is 0. The molecule has 5 nitrogen and oxygen atoms in total. The molecule has 0 amide bonds. The van der Waals surface area contributed by atoms with Gasteiger partial charge in [0.25, 0.3) is 0 Å². The van der Waals surface area contributed by atoms with Gasteiger partial charge in [-0.3, -0.25) is 9.69 Å². The van der Waals surface area contributed by atoms with Crippen LogP contribution in [0.25, 0.3) is 0 Å². The second-order valence-corrected chi connectivity index (χ2v) is 7.36. The largest absolute Gasteiger partial charge is 0.489 e. The fraction of sp³-hybridized carbons (Fsp3) is 0.409. The number of piperidine rings is 1. The molecule has 1 aliphatic rings. The zero-order valence-electron chi connectivity index (χ0n) is 16.2. The first-order chi connectivity index (χ1) is 13.0. The molecule has 1 fully saturated rings. The van der Waals surface area contributed by atoms with Gasteiger partial charge in [-0.25, -0.2) is 0 Å². The third-order valence-electron chi connectivity index (χ3n) is 5.43. The highest BCUT2D eigenvalue weighted by Crippen LogP contribution is 2.22. The van der Waals surface area contributed by atoms with E-state index in [0.29, 0.717) is 28.5 Å². The maximum atomic E-state index is 12.6. The third kappa shape index (κ3) is 4.61. The molecule has 0 aliphatic carbocycles. The molecule has 0 spiro atoms. The zero-order valence-corrected chi connectivity index (χ0v) is 16.2. The van der Waals surface area contributed by atoms with Crippen LogP contribution in [0.5, 0.6) is 5.75 Å². The lowest BCUT2D eigenvalue weighted by Gasteiger charge is -2.35. The first-order valence-corrected chi connectivity index (χ1v) is 9.66. The quantitative estimate of drug-likeness (QED) is 0.601. The van der Waals surface area contributed by atoms with Crippen molar-refractivity contribution >= 4 is 17.2 Å². The van der Waals surface area contributed by atoms with Crippen LogP contribution in [-0.2, 0) is 0 Å². The molecular formula is C22H29N3O2. The number of ether oxygens (including phenoxy) is 1. The Balaban J connectivity index is 1.64. The number of anilines is 2. The zero-order chi connectivity index (χ0) is 19.4. The Kier molecular flexibility index (Phi) is 6.01. The maximum Gasteiger partial charge on any atom is 0.193 e. The van der Waals surface area contributed by atoms with Gasteiger partial charge in [0.05, 0.1) is 11.4 Å². The molecule has 0 aromatic heterocycles. The Morgan fingerprint density at radius 3 is 2.19 bits per heavy atom. The van der Waals surface area contributed by atoms with E-state index in [1.165, 1.54) is 19.3 Å². The average molecular weight is 367 g/mol. The Bertz CT molecular complexity index is 783. The van der Waals surface area contributed by atoms with Gasteiger partial charge in [0, 0.05) is 17.2 Å². The van der Waals surface area contributed by atoms with E-state index in [1.807, 2.05) is 12.1 Å². The summed E-state index contributed by atoms with van der Waals surface area (Å²) in [6, 6.07) is 12.6. The molecule has 0 saturated carbocycles. The fourth-order valence-corrected chi connectivity index (χ4v) is 3.50. The van der Waals surface area contributed by atoms with Crippen LogP contribution in [0.4, 0.5) is 11.4 Å². The van der Waals surface area contributed by atoms with Crippen LogP contribution in [0.1, 0.15) is 49.0 Å². The van der Waals surface area contributed by atoms with Crippen molar-refractivity contribution in [1.82, 2.24) is 4.90 Å². The lowest BCUT2D eigenvalue weighted by molar-refractivity contribution is 0.0739. The Labute approximate surface area is 161 Å². The summed E-state index contributed by atoms with van der Waals surface area (Å²) in [6.07, 6.45) is 3.95. The van der Waals surface area contributed by atoms with Gasteiger partial charge in [-0.2, -0.15) is 0 Å². The Morgan fingerprint density at radius 2 is 1.56 bits per heavy atom. The second-order valence-electron chi connectivity index (χ2n) is 7.36. The monoisotopic (exact) mass is 367 g/mol. The fourth-order valence-electron chi connectivity index (χ4n) is 3.50. The minimum absolute atomic E-state index is 0.0806. The summed E-state index contributed by atoms with van der Waals surface area (Å²) in [4.78, 5) is 15.1. The van der Waals surface area contributed by atoms with E-state index in [1.54, 1.807) is 30.3 Å². The van der Waals surface area contributed by atoms with E-state index in [2.05, 4.69) is 18.7 Å². The molecular weight excluding hydrogens is 338 g/mol. The number of rotatable bonds is 6. The van der Waals surface area contributed by atoms with Crippen molar-refractivity contribution in [3.8, 4) is 5.75 Å². The molecule has 1 saturated heterocycles. The summed E-state index contributed by atoms with van der Waals surface area (Å²) in [7, 11) is 0. The van der Waals surface area contributed by atoms with E-state index in [9.17, 15) is 4.79 Å². The van der Waals surface area contributed by atoms with Crippen molar-refractivity contribution in [3.05, 3.63) is 53.6 Å². The van der Waals surface area contributed by atoms with Crippen LogP contribution in [0.15, 0.2) is 42.5 Å². The van der Waals surface area contributed by atoms with Crippen molar-refractivity contribution in [1.29, 1.82) is 0 Å². The van der Waals surface area contributed by atoms with E-state index >= 15 is 0 Å². The first kappa shape index (κ1) is 19.2. The molecule has 2 atom stereocenters. The number of nitrogens with two attached hydrogens (primary N) is 2. The first-order valence-electron chi connectivity index (χ1n) is 9.66. The highest BCUT2D eigenvalue weighted by Gasteiger charge is 2.23. The number of hydrogen-bond donors (Lipinski definition) is 2. The molecule has 2 unspecified atom stereocenters. The van der Waals surface area contributed by atoms with Crippen LogP contribution in [0.2, 0.25) is 0 Å². The van der Waals surface area contributed by atoms with E-state index in [-0.39, 0.29) is 11.9 Å². The van der Waals surface area contributed by atoms with E-state index in [0.717, 1.165) is 18.8 Å². The Hall–Kier alpha value is -2.53. The molecule has 0 radical (unpaired) electrons. The van der Waals surface area contributed by atoms with Crippen LogP contribution in [0.3, 0.4) is 0 Å². The van der Waals surface area contributed by atoms with Gasteiger partial charge in [0.2, 0.25) is 0 Å². The van der Waals surface area contributed by atoms with Crippen molar-refractivity contribution in [3.63, 3.8) is 0 Å². The lowest BCUT2D eigenvalue weighted by Crippen LogP contribution is -2.45. The standard InChI is InChI=1S/C22H29N3O2/c1-15(25-12-4-3-5-13-25)16(2)27-19-9-6-17(7-10-19)22(26)18-8-11-20(23)21(24)14-18/h6-11,14-16H,3-5,12-13,23-24H2,1-2H3. The number of nitrogen functional groups attached to an aromatic ring is 2. The molecule has 0 bridgehead atoms. The minimum atomic E-state index is -0.0806. The van der Waals surface area contributed by atoms with Gasteiger partial charge in [0.15, 0.2) is 5.78 Å². The SMILES string of the molecule is CC(Oc1ccc(C(=O)c2ccc(N)c(N)c2)cc1)C(C)N1CCCCC1. The molecule has 4 N–H and O–H groups in total. The van der Waals surface area contributed by atoms with Crippen LogP contribution in [0, 0.1) is 0 Å². The summed E-state index contributed by atoms with van der Waals surface area (Å²) in [5, 5.41) is 0. The van der Waals surface area contributed by atoms with Crippen LogP contribution < -0.4 is 16.2 Å². The van der Waals surface area contributed by atoms with Crippen LogP contribution in [-0.4, -0.2) is 35.9 Å². The topological polar surface area (TPSA) is 81.6 Å². The molecule has 2 aromatic carbocycles. The van der Waals surface area contributed by atoms with Crippen molar-refractivity contribution in [2.75, 3.05) is 24.6 Å². The molecule has 5 heteroatoms. The summed E-state index contributed by atoms with van der Waals surface area (Å²) in [6.45, 7) is 6.62. The normalized spacial score (nSPS) is 17.3. The second kappa shape index (κ2) is 8.44. The molecule has 144 valence electrons. The molecule has 1 heterocycles. The van der Waals surface area contributed by atoms with Gasteiger partial charge < -0.3 is 16.2 Å². The number of likely N-dealkylation sites (tertiary alicyclic amines) is 1. The maximum absolute atomic E-state index is 12.6. The van der Waals surface area contributed by atoms with E-state index in [4.69, 9.17) is 16.2 Å². The number of ketones is 1. The summed E-state index contributed by atoms with van der Waals surface area (Å²) < 4.78 is 6.12. The summed E-state index contributed by atoms with van der Waals surface area (Å²) in [5.41, 5.74) is 13.5. The lowest BCUT2D eigenvalue weighted by atomic mass is 10.0. The van der Waals surface area contributed by atoms with E-state index < -0.39 is 0 Å². The number of carbonyl (C=O) groups is 1. The van der Waals surface area contributed by atoms with Crippen molar-refractivity contribution in [2.45, 2.75) is 45.3 Å². The van der Waals surface area contributed by atoms with Gasteiger partial charge in [-0.15, -0.1) is 0 Å². The van der Waals surface area contributed by atoms with Gasteiger partial charge >= 0.3 is 0 Å². The van der Waals surface area contributed by atoms with Gasteiger partial charge in [0.1, 0.15) is 11.9 Å². The summed E-state index contributed by atoms with van der Waals surface area (Å²) in [5.74, 6) is 0.697. The van der Waals surface area contributed by atoms with Crippen molar-refractivity contribution < 1.29 is 9.53 Å². The highest BCUT2D eigenvalue weighted by molar-refractivity contribution is 6.09. The molecule has 3 rings (SSSR count). The third-order valence-corrected chi connectivity index (χ3v) is 5.43. The minimum Gasteiger partial charge on any atom is -0.489 e. The average Bonchev–Trinajstić information content (AvgIpc) is 2.70. The predicted molar refractivity (Wildman–Crippen MR) is 110 cm³/mol. The van der Waals surface area contributed by atoms with Gasteiger partial charge in [-0.1, -0.05) is 6.42 Å².